The van der Waals surface area contributed by atoms with Gasteiger partial charge in [0, 0.05) is 23.8 Å². The fourth-order valence-corrected chi connectivity index (χ4v) is 3.09. The molecule has 116 valence electrons. The summed E-state index contributed by atoms with van der Waals surface area (Å²) in [5.74, 6) is 1.47. The second-order valence-corrected chi connectivity index (χ2v) is 6.35. The van der Waals surface area contributed by atoms with Crippen LogP contribution in [0.3, 0.4) is 0 Å². The van der Waals surface area contributed by atoms with Crippen molar-refractivity contribution in [3.05, 3.63) is 29.8 Å². The van der Waals surface area contributed by atoms with Crippen LogP contribution in [0.15, 0.2) is 24.3 Å². The molecule has 0 aliphatic heterocycles. The zero-order chi connectivity index (χ0) is 15.2. The molecule has 0 radical (unpaired) electrons. The van der Waals surface area contributed by atoms with Gasteiger partial charge < -0.3 is 10.6 Å². The van der Waals surface area contributed by atoms with Crippen LogP contribution in [-0.2, 0) is 0 Å². The number of carbonyl (C=O) groups is 1. The molecule has 2 N–H and O–H groups in total. The summed E-state index contributed by atoms with van der Waals surface area (Å²) in [6.45, 7) is 7.46. The van der Waals surface area contributed by atoms with Crippen LogP contribution in [-0.4, -0.2) is 18.5 Å². The minimum Gasteiger partial charge on any atom is -0.382 e. The molecular formula is C18H28N2O. The van der Waals surface area contributed by atoms with Crippen molar-refractivity contribution in [3.63, 3.8) is 0 Å². The maximum Gasteiger partial charge on any atom is 0.251 e. The van der Waals surface area contributed by atoms with Crippen molar-refractivity contribution in [2.75, 3.05) is 11.9 Å². The number of amides is 1. The summed E-state index contributed by atoms with van der Waals surface area (Å²) in [4.78, 5) is 12.0. The molecule has 1 aliphatic carbocycles. The van der Waals surface area contributed by atoms with E-state index < -0.39 is 0 Å². The molecule has 1 aromatic carbocycles. The molecule has 0 heterocycles. The van der Waals surface area contributed by atoms with Gasteiger partial charge in [0.2, 0.25) is 0 Å². The van der Waals surface area contributed by atoms with Gasteiger partial charge in [0.05, 0.1) is 0 Å². The minimum absolute atomic E-state index is 0.0190. The Kier molecular flexibility index (Phi) is 5.66. The molecule has 1 fully saturated rings. The first-order chi connectivity index (χ1) is 10.1. The summed E-state index contributed by atoms with van der Waals surface area (Å²) in [7, 11) is 0. The zero-order valence-electron chi connectivity index (χ0n) is 13.5. The molecule has 1 aliphatic rings. The number of hydrogen-bond donors (Lipinski definition) is 2. The molecule has 3 nitrogen and oxygen atoms in total. The van der Waals surface area contributed by atoms with E-state index in [0.717, 1.165) is 30.1 Å². The SMILES string of the molecule is CCCNC(=O)c1cccc(NC2CCCC(C)C2C)c1. The van der Waals surface area contributed by atoms with Gasteiger partial charge in [-0.2, -0.15) is 0 Å². The normalized spacial score (nSPS) is 25.4. The highest BCUT2D eigenvalue weighted by Gasteiger charge is 2.26. The van der Waals surface area contributed by atoms with Crippen molar-refractivity contribution >= 4 is 11.6 Å². The van der Waals surface area contributed by atoms with E-state index in [2.05, 4.69) is 37.5 Å². The fraction of sp³-hybridized carbons (Fsp3) is 0.611. The van der Waals surface area contributed by atoms with E-state index in [-0.39, 0.29) is 5.91 Å². The molecule has 0 bridgehead atoms. The average molecular weight is 288 g/mol. The van der Waals surface area contributed by atoms with Crippen LogP contribution < -0.4 is 10.6 Å². The van der Waals surface area contributed by atoms with Gasteiger partial charge in [-0.05, 0) is 42.9 Å². The molecule has 1 aromatic rings. The standard InChI is InChI=1S/C18H28N2O/c1-4-11-19-18(21)15-8-6-9-16(12-15)20-17-10-5-7-13(2)14(17)3/h6,8-9,12-14,17,20H,4-5,7,10-11H2,1-3H3,(H,19,21). The van der Waals surface area contributed by atoms with E-state index in [1.54, 1.807) is 0 Å². The van der Waals surface area contributed by atoms with Crippen LogP contribution in [0.5, 0.6) is 0 Å². The summed E-state index contributed by atoms with van der Waals surface area (Å²) in [5.41, 5.74) is 1.80. The summed E-state index contributed by atoms with van der Waals surface area (Å²) in [5, 5.41) is 6.56. The van der Waals surface area contributed by atoms with Gasteiger partial charge in [0.15, 0.2) is 0 Å². The Labute approximate surface area is 128 Å². The van der Waals surface area contributed by atoms with Gasteiger partial charge in [0.25, 0.3) is 5.91 Å². The molecule has 3 heteroatoms. The van der Waals surface area contributed by atoms with E-state index in [9.17, 15) is 4.79 Å². The van der Waals surface area contributed by atoms with Crippen LogP contribution in [0.1, 0.15) is 56.8 Å². The largest absolute Gasteiger partial charge is 0.382 e. The third kappa shape index (κ3) is 4.23. The lowest BCUT2D eigenvalue weighted by molar-refractivity contribution is 0.0953. The number of rotatable bonds is 5. The number of benzene rings is 1. The number of hydrogen-bond acceptors (Lipinski definition) is 2. The Morgan fingerprint density at radius 2 is 2.10 bits per heavy atom. The second-order valence-electron chi connectivity index (χ2n) is 6.35. The lowest BCUT2D eigenvalue weighted by Gasteiger charge is -2.35. The fourth-order valence-electron chi connectivity index (χ4n) is 3.09. The van der Waals surface area contributed by atoms with E-state index >= 15 is 0 Å². The first-order valence-corrected chi connectivity index (χ1v) is 8.26. The smallest absolute Gasteiger partial charge is 0.251 e. The quantitative estimate of drug-likeness (QED) is 0.857. The highest BCUT2D eigenvalue weighted by Crippen LogP contribution is 2.31. The van der Waals surface area contributed by atoms with Gasteiger partial charge >= 0.3 is 0 Å². The molecule has 3 unspecified atom stereocenters. The maximum absolute atomic E-state index is 12.0. The topological polar surface area (TPSA) is 41.1 Å². The van der Waals surface area contributed by atoms with Gasteiger partial charge in [-0.1, -0.05) is 39.7 Å². The summed E-state index contributed by atoms with van der Waals surface area (Å²) in [6.07, 6.45) is 4.80. The minimum atomic E-state index is 0.0190. The predicted molar refractivity (Wildman–Crippen MR) is 88.7 cm³/mol. The van der Waals surface area contributed by atoms with Gasteiger partial charge in [-0.3, -0.25) is 4.79 Å². The first kappa shape index (κ1) is 15.9. The average Bonchev–Trinajstić information content (AvgIpc) is 2.50. The highest BCUT2D eigenvalue weighted by molar-refractivity contribution is 5.95. The summed E-state index contributed by atoms with van der Waals surface area (Å²) < 4.78 is 0. The molecular weight excluding hydrogens is 260 g/mol. The maximum atomic E-state index is 12.0. The lowest BCUT2D eigenvalue weighted by atomic mass is 9.78. The molecule has 0 saturated heterocycles. The van der Waals surface area contributed by atoms with E-state index in [1.165, 1.54) is 19.3 Å². The van der Waals surface area contributed by atoms with Crippen molar-refractivity contribution in [2.24, 2.45) is 11.8 Å². The van der Waals surface area contributed by atoms with Crippen LogP contribution in [0.2, 0.25) is 0 Å². The van der Waals surface area contributed by atoms with Crippen molar-refractivity contribution in [1.29, 1.82) is 0 Å². The Morgan fingerprint density at radius 1 is 1.29 bits per heavy atom. The van der Waals surface area contributed by atoms with E-state index in [4.69, 9.17) is 0 Å². The third-order valence-electron chi connectivity index (χ3n) is 4.72. The van der Waals surface area contributed by atoms with Gasteiger partial charge in [-0.15, -0.1) is 0 Å². The summed E-state index contributed by atoms with van der Waals surface area (Å²) >= 11 is 0. The third-order valence-corrected chi connectivity index (χ3v) is 4.72. The summed E-state index contributed by atoms with van der Waals surface area (Å²) in [6, 6.07) is 8.38. The Hall–Kier alpha value is -1.51. The highest BCUT2D eigenvalue weighted by atomic mass is 16.1. The van der Waals surface area contributed by atoms with Gasteiger partial charge in [0.1, 0.15) is 0 Å². The number of anilines is 1. The van der Waals surface area contributed by atoms with Crippen LogP contribution in [0.4, 0.5) is 5.69 Å². The van der Waals surface area contributed by atoms with Crippen molar-refractivity contribution in [3.8, 4) is 0 Å². The Morgan fingerprint density at radius 3 is 2.86 bits per heavy atom. The first-order valence-electron chi connectivity index (χ1n) is 8.26. The van der Waals surface area contributed by atoms with Crippen molar-refractivity contribution in [1.82, 2.24) is 5.32 Å². The number of carbonyl (C=O) groups excluding carboxylic acids is 1. The molecule has 3 atom stereocenters. The lowest BCUT2D eigenvalue weighted by Crippen LogP contribution is -2.35. The molecule has 0 aromatic heterocycles. The van der Waals surface area contributed by atoms with Crippen molar-refractivity contribution in [2.45, 2.75) is 52.5 Å². The molecule has 2 rings (SSSR count). The Bertz CT molecular complexity index is 472. The Balaban J connectivity index is 2.02. The number of nitrogens with one attached hydrogen (secondary N) is 2. The van der Waals surface area contributed by atoms with E-state index in [1.807, 2.05) is 18.2 Å². The second kappa shape index (κ2) is 7.48. The molecule has 1 amide bonds. The van der Waals surface area contributed by atoms with Crippen molar-refractivity contribution < 1.29 is 4.79 Å². The predicted octanol–water partition coefficient (Wildman–Crippen LogP) is 4.06. The van der Waals surface area contributed by atoms with Gasteiger partial charge in [-0.25, -0.2) is 0 Å². The monoisotopic (exact) mass is 288 g/mol. The van der Waals surface area contributed by atoms with Crippen LogP contribution in [0.25, 0.3) is 0 Å². The van der Waals surface area contributed by atoms with Crippen LogP contribution >= 0.6 is 0 Å². The molecule has 21 heavy (non-hydrogen) atoms. The van der Waals surface area contributed by atoms with Crippen LogP contribution in [0, 0.1) is 11.8 Å². The van der Waals surface area contributed by atoms with E-state index in [0.29, 0.717) is 12.0 Å². The molecule has 1 saturated carbocycles. The zero-order valence-corrected chi connectivity index (χ0v) is 13.5. The molecule has 0 spiro atoms.